The van der Waals surface area contributed by atoms with E-state index >= 15 is 0 Å². The van der Waals surface area contributed by atoms with Crippen LogP contribution in [0.4, 0.5) is 5.69 Å². The van der Waals surface area contributed by atoms with Crippen molar-refractivity contribution in [3.63, 3.8) is 0 Å². The Bertz CT molecular complexity index is 588. The number of aliphatic hydroxyl groups excluding tert-OH is 1. The van der Waals surface area contributed by atoms with Crippen molar-refractivity contribution >= 4 is 11.6 Å². The minimum atomic E-state index is -0.425. The predicted octanol–water partition coefficient (Wildman–Crippen LogP) is 1.88. The Hall–Kier alpha value is -2.53. The van der Waals surface area contributed by atoms with Gasteiger partial charge < -0.3 is 20.6 Å². The minimum absolute atomic E-state index is 0.0777. The lowest BCUT2D eigenvalue weighted by molar-refractivity contribution is 0.102. The molecule has 0 spiro atoms. The molecule has 0 unspecified atom stereocenters. The van der Waals surface area contributed by atoms with Gasteiger partial charge in [-0.15, -0.1) is 0 Å². The Morgan fingerprint density at radius 2 is 1.60 bits per heavy atom. The molecular formula is C15H15NO4. The molecule has 0 saturated heterocycles. The second-order valence-electron chi connectivity index (χ2n) is 4.36. The number of hydrogen-bond acceptors (Lipinski definition) is 4. The fraction of sp³-hybridized carbons (Fsp3) is 0.133. The van der Waals surface area contributed by atoms with E-state index in [1.807, 2.05) is 12.1 Å². The van der Waals surface area contributed by atoms with Gasteiger partial charge >= 0.3 is 0 Å². The van der Waals surface area contributed by atoms with Crippen molar-refractivity contribution in [2.75, 3.05) is 11.9 Å². The van der Waals surface area contributed by atoms with E-state index in [2.05, 4.69) is 5.32 Å². The number of aliphatic hydroxyl groups is 1. The zero-order chi connectivity index (χ0) is 14.5. The first-order valence-electron chi connectivity index (χ1n) is 6.12. The molecule has 0 heterocycles. The van der Waals surface area contributed by atoms with Crippen LogP contribution in [0.25, 0.3) is 0 Å². The quantitative estimate of drug-likeness (QED) is 0.684. The third-order valence-electron chi connectivity index (χ3n) is 2.78. The highest BCUT2D eigenvalue weighted by Gasteiger charge is 2.09. The van der Waals surface area contributed by atoms with E-state index in [4.69, 9.17) is 5.11 Å². The van der Waals surface area contributed by atoms with Crippen molar-refractivity contribution in [1.82, 2.24) is 0 Å². The molecule has 5 nitrogen and oxygen atoms in total. The largest absolute Gasteiger partial charge is 0.508 e. The smallest absolute Gasteiger partial charge is 0.255 e. The summed E-state index contributed by atoms with van der Waals surface area (Å²) < 4.78 is 0. The number of anilines is 1. The normalized spacial score (nSPS) is 10.2. The number of carbonyl (C=O) groups excluding carboxylic acids is 1. The Labute approximate surface area is 116 Å². The summed E-state index contributed by atoms with van der Waals surface area (Å²) in [6.45, 7) is 0.0777. The van der Waals surface area contributed by atoms with Gasteiger partial charge in [-0.2, -0.15) is 0 Å². The van der Waals surface area contributed by atoms with Gasteiger partial charge in [-0.25, -0.2) is 0 Å². The molecule has 0 aliphatic carbocycles. The molecular weight excluding hydrogens is 258 g/mol. The molecule has 5 heteroatoms. The molecule has 20 heavy (non-hydrogen) atoms. The number of carbonyl (C=O) groups is 1. The van der Waals surface area contributed by atoms with Crippen LogP contribution in [0.5, 0.6) is 11.5 Å². The van der Waals surface area contributed by atoms with Crippen molar-refractivity contribution in [3.8, 4) is 11.5 Å². The Morgan fingerprint density at radius 3 is 2.15 bits per heavy atom. The molecule has 0 bridgehead atoms. The fourth-order valence-corrected chi connectivity index (χ4v) is 1.81. The van der Waals surface area contributed by atoms with Gasteiger partial charge in [0.05, 0.1) is 0 Å². The summed E-state index contributed by atoms with van der Waals surface area (Å²) in [5, 5.41) is 30.2. The third-order valence-corrected chi connectivity index (χ3v) is 2.78. The number of hydrogen-bond donors (Lipinski definition) is 4. The molecule has 104 valence electrons. The first-order chi connectivity index (χ1) is 9.58. The van der Waals surface area contributed by atoms with Gasteiger partial charge in [0.1, 0.15) is 11.5 Å². The SMILES string of the molecule is O=C(Nc1ccc(CCO)cc1)c1cc(O)cc(O)c1. The molecule has 0 saturated carbocycles. The topological polar surface area (TPSA) is 89.8 Å². The van der Waals surface area contributed by atoms with Crippen LogP contribution in [0.3, 0.4) is 0 Å². The summed E-state index contributed by atoms with van der Waals surface area (Å²) >= 11 is 0. The molecule has 4 N–H and O–H groups in total. The number of phenolic OH excluding ortho intramolecular Hbond substituents is 2. The minimum Gasteiger partial charge on any atom is -0.508 e. The van der Waals surface area contributed by atoms with Crippen LogP contribution < -0.4 is 5.32 Å². The highest BCUT2D eigenvalue weighted by atomic mass is 16.3. The average Bonchev–Trinajstić information content (AvgIpc) is 2.40. The summed E-state index contributed by atoms with van der Waals surface area (Å²) in [7, 11) is 0. The van der Waals surface area contributed by atoms with Crippen molar-refractivity contribution < 1.29 is 20.1 Å². The Balaban J connectivity index is 2.10. The van der Waals surface area contributed by atoms with Gasteiger partial charge in [-0.05, 0) is 36.2 Å². The maximum absolute atomic E-state index is 12.0. The summed E-state index contributed by atoms with van der Waals surface area (Å²) in [5.74, 6) is -0.770. The number of rotatable bonds is 4. The van der Waals surface area contributed by atoms with Crippen molar-refractivity contribution in [2.45, 2.75) is 6.42 Å². The van der Waals surface area contributed by atoms with Crippen LogP contribution >= 0.6 is 0 Å². The van der Waals surface area contributed by atoms with Gasteiger partial charge in [-0.3, -0.25) is 4.79 Å². The van der Waals surface area contributed by atoms with E-state index in [1.54, 1.807) is 12.1 Å². The third kappa shape index (κ3) is 3.49. The molecule has 0 aromatic heterocycles. The van der Waals surface area contributed by atoms with E-state index in [9.17, 15) is 15.0 Å². The predicted molar refractivity (Wildman–Crippen MR) is 75.0 cm³/mol. The summed E-state index contributed by atoms with van der Waals surface area (Å²) in [6, 6.07) is 10.8. The maximum atomic E-state index is 12.0. The van der Waals surface area contributed by atoms with E-state index < -0.39 is 5.91 Å². The highest BCUT2D eigenvalue weighted by Crippen LogP contribution is 2.21. The number of amides is 1. The van der Waals surface area contributed by atoms with Gasteiger partial charge in [-0.1, -0.05) is 12.1 Å². The van der Waals surface area contributed by atoms with Crippen LogP contribution in [0.15, 0.2) is 42.5 Å². The maximum Gasteiger partial charge on any atom is 0.255 e. The van der Waals surface area contributed by atoms with E-state index in [-0.39, 0.29) is 23.7 Å². The zero-order valence-electron chi connectivity index (χ0n) is 10.7. The molecule has 2 aromatic rings. The van der Waals surface area contributed by atoms with Gasteiger partial charge in [0.2, 0.25) is 0 Å². The summed E-state index contributed by atoms with van der Waals surface area (Å²) in [4.78, 5) is 12.0. The monoisotopic (exact) mass is 273 g/mol. The lowest BCUT2D eigenvalue weighted by atomic mass is 10.1. The van der Waals surface area contributed by atoms with E-state index in [0.29, 0.717) is 12.1 Å². The van der Waals surface area contributed by atoms with Gasteiger partial charge in [0.25, 0.3) is 5.91 Å². The van der Waals surface area contributed by atoms with Gasteiger partial charge in [0.15, 0.2) is 0 Å². The van der Waals surface area contributed by atoms with Crippen LogP contribution in [0, 0.1) is 0 Å². The van der Waals surface area contributed by atoms with E-state index in [1.165, 1.54) is 12.1 Å². The van der Waals surface area contributed by atoms with Crippen LogP contribution in [-0.4, -0.2) is 27.8 Å². The zero-order valence-corrected chi connectivity index (χ0v) is 10.7. The molecule has 0 aliphatic heterocycles. The van der Waals surface area contributed by atoms with Crippen LogP contribution in [0.2, 0.25) is 0 Å². The fourth-order valence-electron chi connectivity index (χ4n) is 1.81. The number of aromatic hydroxyl groups is 2. The molecule has 0 fully saturated rings. The Kier molecular flexibility index (Phi) is 4.22. The first kappa shape index (κ1) is 13.9. The second kappa shape index (κ2) is 6.08. The average molecular weight is 273 g/mol. The Morgan fingerprint density at radius 1 is 1.00 bits per heavy atom. The highest BCUT2D eigenvalue weighted by molar-refractivity contribution is 6.04. The van der Waals surface area contributed by atoms with Gasteiger partial charge in [0, 0.05) is 23.9 Å². The lowest BCUT2D eigenvalue weighted by Gasteiger charge is -2.07. The van der Waals surface area contributed by atoms with Crippen LogP contribution in [-0.2, 0) is 6.42 Å². The summed E-state index contributed by atoms with van der Waals surface area (Å²) in [5.41, 5.74) is 1.74. The molecule has 0 aliphatic rings. The first-order valence-corrected chi connectivity index (χ1v) is 6.12. The molecule has 0 radical (unpaired) electrons. The van der Waals surface area contributed by atoms with Crippen molar-refractivity contribution in [3.05, 3.63) is 53.6 Å². The summed E-state index contributed by atoms with van der Waals surface area (Å²) in [6.07, 6.45) is 0.564. The van der Waals surface area contributed by atoms with E-state index in [0.717, 1.165) is 11.6 Å². The van der Waals surface area contributed by atoms with Crippen LogP contribution in [0.1, 0.15) is 15.9 Å². The molecule has 1 amide bonds. The molecule has 2 aromatic carbocycles. The molecule has 0 atom stereocenters. The second-order valence-corrected chi connectivity index (χ2v) is 4.36. The number of nitrogens with one attached hydrogen (secondary N) is 1. The number of phenols is 2. The lowest BCUT2D eigenvalue weighted by Crippen LogP contribution is -2.11. The molecule has 2 rings (SSSR count). The van der Waals surface area contributed by atoms with Crippen molar-refractivity contribution in [1.29, 1.82) is 0 Å². The van der Waals surface area contributed by atoms with Crippen molar-refractivity contribution in [2.24, 2.45) is 0 Å². The number of benzene rings is 2. The standard InChI is InChI=1S/C15H15NO4/c17-6-5-10-1-3-12(4-2-10)16-15(20)11-7-13(18)9-14(19)8-11/h1-4,7-9,17-19H,5-6H2,(H,16,20).